The van der Waals surface area contributed by atoms with Crippen LogP contribution in [0, 0.1) is 13.7 Å². The number of hydrogen-bond donors (Lipinski definition) is 2. The van der Waals surface area contributed by atoms with Crippen molar-refractivity contribution in [1.29, 1.82) is 0 Å². The second-order valence-electron chi connectivity index (χ2n) is 3.43. The number of aromatic carboxylic acids is 1. The number of carboxylic acid groups (broad SMARTS) is 1. The van der Waals surface area contributed by atoms with Crippen molar-refractivity contribution in [2.24, 2.45) is 0 Å². The van der Waals surface area contributed by atoms with Crippen LogP contribution in [0.4, 0.5) is 16.2 Å². The first kappa shape index (κ1) is 15.9. The van der Waals surface area contributed by atoms with E-state index in [0.29, 0.717) is 0 Å². The van der Waals surface area contributed by atoms with Gasteiger partial charge in [-0.1, -0.05) is 12.7 Å². The van der Waals surface area contributed by atoms with Crippen molar-refractivity contribution >= 4 is 46.0 Å². The Hall–Kier alpha value is -2.17. The molecule has 8 nitrogen and oxygen atoms in total. The number of ether oxygens (including phenoxy) is 1. The monoisotopic (exact) mass is 392 g/mol. The highest BCUT2D eigenvalue weighted by molar-refractivity contribution is 14.1. The van der Waals surface area contributed by atoms with Gasteiger partial charge in [0.15, 0.2) is 0 Å². The molecule has 0 bridgehead atoms. The van der Waals surface area contributed by atoms with Gasteiger partial charge in [0.05, 0.1) is 10.5 Å². The molecule has 0 saturated carbocycles. The van der Waals surface area contributed by atoms with Crippen molar-refractivity contribution in [3.63, 3.8) is 0 Å². The Kier molecular flexibility index (Phi) is 5.43. The summed E-state index contributed by atoms with van der Waals surface area (Å²) in [6, 6.07) is 2.08. The number of amides is 1. The Bertz CT molecular complexity index is 587. The van der Waals surface area contributed by atoms with Crippen molar-refractivity contribution in [1.82, 2.24) is 0 Å². The van der Waals surface area contributed by atoms with Crippen molar-refractivity contribution < 1.29 is 24.4 Å². The molecule has 0 aliphatic heterocycles. The first-order valence-corrected chi connectivity index (χ1v) is 6.20. The number of carbonyl (C=O) groups is 2. The normalized spacial score (nSPS) is 9.65. The lowest BCUT2D eigenvalue weighted by Gasteiger charge is -2.09. The number of carboxylic acids is 1. The molecule has 0 spiro atoms. The molecule has 9 heteroatoms. The maximum Gasteiger partial charge on any atom is 0.412 e. The van der Waals surface area contributed by atoms with Crippen LogP contribution < -0.4 is 5.32 Å². The van der Waals surface area contributed by atoms with Gasteiger partial charge in [-0.15, -0.1) is 0 Å². The third-order valence-corrected chi connectivity index (χ3v) is 2.92. The number of nitrogens with one attached hydrogen (secondary N) is 1. The average molecular weight is 392 g/mol. The summed E-state index contributed by atoms with van der Waals surface area (Å²) in [5, 5.41) is 22.0. The maximum atomic E-state index is 11.4. The fourth-order valence-electron chi connectivity index (χ4n) is 1.26. The first-order valence-electron chi connectivity index (χ1n) is 5.12. The zero-order chi connectivity index (χ0) is 15.3. The van der Waals surface area contributed by atoms with Gasteiger partial charge in [0.2, 0.25) is 0 Å². The molecule has 0 heterocycles. The fraction of sp³-hybridized carbons (Fsp3) is 0.0909. The number of anilines is 1. The van der Waals surface area contributed by atoms with Crippen molar-refractivity contribution in [3.05, 3.63) is 44.0 Å². The van der Waals surface area contributed by atoms with Crippen LogP contribution in [-0.4, -0.2) is 28.7 Å². The SMILES string of the molecule is C=CCOC(=O)Nc1c(I)cc(C(=O)O)cc1[N+](=O)[O-]. The van der Waals surface area contributed by atoms with E-state index in [9.17, 15) is 19.7 Å². The van der Waals surface area contributed by atoms with E-state index >= 15 is 0 Å². The topological polar surface area (TPSA) is 119 Å². The maximum absolute atomic E-state index is 11.4. The molecule has 0 aliphatic carbocycles. The molecule has 1 rings (SSSR count). The van der Waals surface area contributed by atoms with Gasteiger partial charge in [0.25, 0.3) is 5.69 Å². The smallest absolute Gasteiger partial charge is 0.412 e. The van der Waals surface area contributed by atoms with Crippen LogP contribution in [0.15, 0.2) is 24.8 Å². The van der Waals surface area contributed by atoms with Gasteiger partial charge < -0.3 is 9.84 Å². The largest absolute Gasteiger partial charge is 0.478 e. The van der Waals surface area contributed by atoms with Gasteiger partial charge in [0, 0.05) is 9.64 Å². The second kappa shape index (κ2) is 6.84. The molecule has 0 radical (unpaired) electrons. The molecule has 1 amide bonds. The molecule has 106 valence electrons. The number of nitro groups is 1. The van der Waals surface area contributed by atoms with Crippen LogP contribution in [0.25, 0.3) is 0 Å². The molecular weight excluding hydrogens is 383 g/mol. The highest BCUT2D eigenvalue weighted by Crippen LogP contribution is 2.31. The van der Waals surface area contributed by atoms with E-state index in [1.54, 1.807) is 22.6 Å². The summed E-state index contributed by atoms with van der Waals surface area (Å²) in [5.74, 6) is -1.30. The summed E-state index contributed by atoms with van der Waals surface area (Å²) in [6.45, 7) is 3.30. The number of carbonyl (C=O) groups excluding carboxylic acids is 1. The molecule has 2 N–H and O–H groups in total. The van der Waals surface area contributed by atoms with Gasteiger partial charge in [0.1, 0.15) is 12.3 Å². The number of halogens is 1. The van der Waals surface area contributed by atoms with Crippen molar-refractivity contribution in [2.75, 3.05) is 11.9 Å². The van der Waals surface area contributed by atoms with Crippen LogP contribution >= 0.6 is 22.6 Å². The van der Waals surface area contributed by atoms with Crippen LogP contribution in [0.3, 0.4) is 0 Å². The number of nitrogens with zero attached hydrogens (tertiary/aromatic N) is 1. The molecule has 0 aliphatic rings. The van der Waals surface area contributed by atoms with Crippen molar-refractivity contribution in [3.8, 4) is 0 Å². The minimum Gasteiger partial charge on any atom is -0.478 e. The van der Waals surface area contributed by atoms with Gasteiger partial charge in [-0.2, -0.15) is 0 Å². The van der Waals surface area contributed by atoms with E-state index in [-0.39, 0.29) is 21.4 Å². The summed E-state index contributed by atoms with van der Waals surface area (Å²) in [6.07, 6.45) is 0.445. The summed E-state index contributed by atoms with van der Waals surface area (Å²) in [7, 11) is 0. The zero-order valence-corrected chi connectivity index (χ0v) is 12.1. The Morgan fingerprint density at radius 3 is 2.70 bits per heavy atom. The first-order chi connectivity index (χ1) is 9.36. The number of hydrogen-bond acceptors (Lipinski definition) is 5. The predicted molar refractivity (Wildman–Crippen MR) is 77.9 cm³/mol. The highest BCUT2D eigenvalue weighted by atomic mass is 127. The lowest BCUT2D eigenvalue weighted by molar-refractivity contribution is -0.384. The molecule has 1 aromatic carbocycles. The van der Waals surface area contributed by atoms with Gasteiger partial charge in [-0.25, -0.2) is 9.59 Å². The van der Waals surface area contributed by atoms with Crippen LogP contribution in [-0.2, 0) is 4.74 Å². The lowest BCUT2D eigenvalue weighted by atomic mass is 10.1. The van der Waals surface area contributed by atoms with E-state index in [0.717, 1.165) is 6.07 Å². The minimum atomic E-state index is -1.30. The average Bonchev–Trinajstić information content (AvgIpc) is 2.37. The summed E-state index contributed by atoms with van der Waals surface area (Å²) in [4.78, 5) is 32.4. The Balaban J connectivity index is 3.17. The third kappa shape index (κ3) is 3.91. The predicted octanol–water partition coefficient (Wildman–Crippen LogP) is 2.63. The summed E-state index contributed by atoms with van der Waals surface area (Å²) < 4.78 is 4.86. The number of benzene rings is 1. The van der Waals surface area contributed by atoms with Gasteiger partial charge in [-0.05, 0) is 28.7 Å². The summed E-state index contributed by atoms with van der Waals surface area (Å²) >= 11 is 1.69. The standard InChI is InChI=1S/C11H9IN2O6/c1-2-3-20-11(17)13-9-7(12)4-6(10(15)16)5-8(9)14(18)19/h2,4-5H,1,3H2,(H,13,17)(H,15,16). The van der Waals surface area contributed by atoms with E-state index in [2.05, 4.69) is 16.6 Å². The molecular formula is C11H9IN2O6. The number of nitro benzene ring substituents is 1. The fourth-order valence-corrected chi connectivity index (χ4v) is 2.00. The quantitative estimate of drug-likeness (QED) is 0.344. The molecule has 0 fully saturated rings. The molecule has 0 aromatic heterocycles. The molecule has 0 unspecified atom stereocenters. The number of rotatable bonds is 5. The van der Waals surface area contributed by atoms with E-state index < -0.39 is 22.7 Å². The van der Waals surface area contributed by atoms with E-state index in [4.69, 9.17) is 5.11 Å². The second-order valence-corrected chi connectivity index (χ2v) is 4.59. The zero-order valence-electron chi connectivity index (χ0n) is 9.96. The molecule has 1 aromatic rings. The Morgan fingerprint density at radius 2 is 2.20 bits per heavy atom. The van der Waals surface area contributed by atoms with Crippen LogP contribution in [0.2, 0.25) is 0 Å². The van der Waals surface area contributed by atoms with Gasteiger partial charge in [-0.3, -0.25) is 15.4 Å². The molecule has 0 saturated heterocycles. The molecule has 0 atom stereocenters. The highest BCUT2D eigenvalue weighted by Gasteiger charge is 2.22. The van der Waals surface area contributed by atoms with Crippen LogP contribution in [0.1, 0.15) is 10.4 Å². The van der Waals surface area contributed by atoms with Crippen molar-refractivity contribution in [2.45, 2.75) is 0 Å². The Labute approximate surface area is 126 Å². The Morgan fingerprint density at radius 1 is 1.55 bits per heavy atom. The van der Waals surface area contributed by atoms with E-state index in [1.807, 2.05) is 0 Å². The third-order valence-electron chi connectivity index (χ3n) is 2.07. The minimum absolute atomic E-state index is 0.0522. The van der Waals surface area contributed by atoms with Gasteiger partial charge >= 0.3 is 12.1 Å². The van der Waals surface area contributed by atoms with E-state index in [1.165, 1.54) is 12.1 Å². The lowest BCUT2D eigenvalue weighted by Crippen LogP contribution is -2.16. The molecule has 20 heavy (non-hydrogen) atoms. The van der Waals surface area contributed by atoms with Crippen LogP contribution in [0.5, 0.6) is 0 Å². The summed E-state index contributed by atoms with van der Waals surface area (Å²) in [5.41, 5.74) is -0.884.